The number of aliphatic hydroxyl groups is 2. The van der Waals surface area contributed by atoms with Gasteiger partial charge in [0.1, 0.15) is 0 Å². The van der Waals surface area contributed by atoms with Crippen LogP contribution in [0.5, 0.6) is 0 Å². The van der Waals surface area contributed by atoms with Crippen LogP contribution in [0.15, 0.2) is 36.5 Å². The molecule has 0 aliphatic heterocycles. The Balaban J connectivity index is 3.49. The van der Waals surface area contributed by atoms with E-state index in [0.29, 0.717) is 25.9 Å². The highest BCUT2D eigenvalue weighted by atomic mass is 16.5. The van der Waals surface area contributed by atoms with Gasteiger partial charge in [-0.25, -0.2) is 0 Å². The van der Waals surface area contributed by atoms with Crippen molar-refractivity contribution >= 4 is 11.9 Å². The Hall–Kier alpha value is -1.92. The molecule has 0 heterocycles. The van der Waals surface area contributed by atoms with Crippen molar-refractivity contribution in [3.05, 3.63) is 36.5 Å². The zero-order chi connectivity index (χ0) is 43.0. The Labute approximate surface area is 366 Å². The number of carbonyl (C=O) groups is 2. The maximum absolute atomic E-state index is 12.4. The van der Waals surface area contributed by atoms with E-state index in [9.17, 15) is 19.8 Å². The average Bonchev–Trinajstić information content (AvgIpc) is 3.24. The summed E-state index contributed by atoms with van der Waals surface area (Å²) in [5.74, 6) is -0.0711. The third-order valence-electron chi connectivity index (χ3n) is 11.7. The molecule has 0 spiro atoms. The van der Waals surface area contributed by atoms with Gasteiger partial charge >= 0.3 is 5.97 Å². The Morgan fingerprint density at radius 1 is 0.475 bits per heavy atom. The topological polar surface area (TPSA) is 95.9 Å². The second-order valence-electron chi connectivity index (χ2n) is 17.5. The van der Waals surface area contributed by atoms with Crippen molar-refractivity contribution in [2.24, 2.45) is 0 Å². The van der Waals surface area contributed by atoms with Gasteiger partial charge < -0.3 is 20.3 Å². The van der Waals surface area contributed by atoms with Crippen LogP contribution >= 0.6 is 0 Å². The Morgan fingerprint density at radius 2 is 0.847 bits per heavy atom. The molecule has 0 saturated carbocycles. The van der Waals surface area contributed by atoms with Crippen LogP contribution < -0.4 is 5.32 Å². The second kappa shape index (κ2) is 48.7. The highest BCUT2D eigenvalue weighted by molar-refractivity contribution is 5.76. The number of rotatable bonds is 47. The van der Waals surface area contributed by atoms with Crippen molar-refractivity contribution in [3.8, 4) is 0 Å². The third-order valence-corrected chi connectivity index (χ3v) is 11.7. The Bertz CT molecular complexity index is 962. The number of amides is 1. The van der Waals surface area contributed by atoms with Gasteiger partial charge in [0.05, 0.1) is 25.4 Å². The van der Waals surface area contributed by atoms with E-state index in [1.165, 1.54) is 161 Å². The summed E-state index contributed by atoms with van der Waals surface area (Å²) in [4.78, 5) is 24.4. The maximum atomic E-state index is 12.4. The second-order valence-corrected chi connectivity index (χ2v) is 17.5. The number of hydrogen-bond donors (Lipinski definition) is 3. The molecule has 3 N–H and O–H groups in total. The summed E-state index contributed by atoms with van der Waals surface area (Å²) in [7, 11) is 0. The molecule has 1 amide bonds. The largest absolute Gasteiger partial charge is 0.466 e. The predicted octanol–water partition coefficient (Wildman–Crippen LogP) is 15.3. The lowest BCUT2D eigenvalue weighted by atomic mass is 10.0. The van der Waals surface area contributed by atoms with Gasteiger partial charge in [0.25, 0.3) is 0 Å². The molecule has 0 aliphatic carbocycles. The first-order chi connectivity index (χ1) is 29.0. The smallest absolute Gasteiger partial charge is 0.305 e. The van der Waals surface area contributed by atoms with Crippen molar-refractivity contribution in [2.75, 3.05) is 13.2 Å². The Morgan fingerprint density at radius 3 is 1.34 bits per heavy atom. The molecule has 0 radical (unpaired) electrons. The summed E-state index contributed by atoms with van der Waals surface area (Å²) in [6.45, 7) is 4.87. The summed E-state index contributed by atoms with van der Waals surface area (Å²) in [5, 5.41) is 23.1. The molecule has 0 bridgehead atoms. The summed E-state index contributed by atoms with van der Waals surface area (Å²) >= 11 is 0. The minimum atomic E-state index is -0.669. The lowest BCUT2D eigenvalue weighted by molar-refractivity contribution is -0.143. The van der Waals surface area contributed by atoms with Gasteiger partial charge in [0.15, 0.2) is 0 Å². The molecule has 2 atom stereocenters. The van der Waals surface area contributed by atoms with Crippen LogP contribution in [0.3, 0.4) is 0 Å². The molecular weight excluding hydrogens is 731 g/mol. The highest BCUT2D eigenvalue weighted by Crippen LogP contribution is 2.15. The molecule has 0 rings (SSSR count). The maximum Gasteiger partial charge on any atom is 0.305 e. The van der Waals surface area contributed by atoms with Crippen LogP contribution in [-0.4, -0.2) is 47.4 Å². The van der Waals surface area contributed by atoms with Gasteiger partial charge in [0.2, 0.25) is 5.91 Å². The minimum Gasteiger partial charge on any atom is -0.466 e. The fraction of sp³-hybridized carbons (Fsp3) is 0.849. The zero-order valence-corrected chi connectivity index (χ0v) is 39.2. The molecule has 0 aromatic rings. The summed E-state index contributed by atoms with van der Waals surface area (Å²) in [6.07, 6.45) is 58.3. The number of aliphatic hydroxyl groups excluding tert-OH is 2. The van der Waals surface area contributed by atoms with Gasteiger partial charge in [-0.05, 0) is 83.5 Å². The van der Waals surface area contributed by atoms with Crippen LogP contribution in [0, 0.1) is 0 Å². The fourth-order valence-corrected chi connectivity index (χ4v) is 7.68. The first-order valence-electron chi connectivity index (χ1n) is 25.8. The normalized spacial score (nSPS) is 12.9. The summed E-state index contributed by atoms with van der Waals surface area (Å²) in [5.41, 5.74) is 0. The summed E-state index contributed by atoms with van der Waals surface area (Å²) < 4.78 is 5.43. The van der Waals surface area contributed by atoms with E-state index < -0.39 is 12.1 Å². The number of nitrogens with one attached hydrogen (secondary N) is 1. The lowest BCUT2D eigenvalue weighted by Crippen LogP contribution is -2.45. The highest BCUT2D eigenvalue weighted by Gasteiger charge is 2.20. The molecule has 2 unspecified atom stereocenters. The van der Waals surface area contributed by atoms with Crippen molar-refractivity contribution < 1.29 is 24.5 Å². The van der Waals surface area contributed by atoms with Gasteiger partial charge in [-0.3, -0.25) is 9.59 Å². The number of unbranched alkanes of at least 4 members (excludes halogenated alkanes) is 31. The fourth-order valence-electron chi connectivity index (χ4n) is 7.68. The molecule has 59 heavy (non-hydrogen) atoms. The lowest BCUT2D eigenvalue weighted by Gasteiger charge is -2.22. The molecular formula is C53H99NO5. The molecule has 0 saturated heterocycles. The number of esters is 1. The number of allylic oxidation sites excluding steroid dienone is 6. The molecule has 346 valence electrons. The SMILES string of the molecule is CCCCC/C=C\CCCCCCCC(=O)OCCCCC/C=C\C=C/CCCCCCCCCCCCC(=O)NC(CO)C(O)CCCCCCCCCCCCC. The first kappa shape index (κ1) is 57.1. The van der Waals surface area contributed by atoms with E-state index in [2.05, 4.69) is 55.6 Å². The van der Waals surface area contributed by atoms with E-state index >= 15 is 0 Å². The standard InChI is InChI=1S/C53H99NO5/c1-3-5-7-9-11-13-15-27-31-35-39-43-47-53(58)59-48-44-40-36-32-28-24-22-20-18-16-17-19-21-23-26-30-34-38-42-46-52(57)54-50(49-55)51(56)45-41-37-33-29-25-14-12-10-8-6-4-2/h11,13,20,22,24,28,50-51,55-56H,3-10,12,14-19,21,23,25-27,29-49H2,1-2H3,(H,54,57)/b13-11-,22-20-,28-24-. The predicted molar refractivity (Wildman–Crippen MR) is 255 cm³/mol. The van der Waals surface area contributed by atoms with E-state index in [1.807, 2.05) is 0 Å². The van der Waals surface area contributed by atoms with Crippen LogP contribution in [0.1, 0.15) is 264 Å². The van der Waals surface area contributed by atoms with E-state index in [-0.39, 0.29) is 18.5 Å². The van der Waals surface area contributed by atoms with Gasteiger partial charge in [0, 0.05) is 12.8 Å². The molecule has 6 nitrogen and oxygen atoms in total. The number of hydrogen-bond acceptors (Lipinski definition) is 5. The van der Waals surface area contributed by atoms with E-state index in [4.69, 9.17) is 4.74 Å². The molecule has 0 aliphatic rings. The van der Waals surface area contributed by atoms with Crippen LogP contribution in [0.25, 0.3) is 0 Å². The quantitative estimate of drug-likeness (QED) is 0.0246. The van der Waals surface area contributed by atoms with Gasteiger partial charge in [-0.1, -0.05) is 204 Å². The molecule has 6 heteroatoms. The number of carbonyl (C=O) groups excluding carboxylic acids is 2. The van der Waals surface area contributed by atoms with E-state index in [1.54, 1.807) is 0 Å². The van der Waals surface area contributed by atoms with E-state index in [0.717, 1.165) is 70.6 Å². The van der Waals surface area contributed by atoms with Crippen molar-refractivity contribution in [3.63, 3.8) is 0 Å². The monoisotopic (exact) mass is 830 g/mol. The van der Waals surface area contributed by atoms with Crippen molar-refractivity contribution in [2.45, 2.75) is 276 Å². The van der Waals surface area contributed by atoms with Crippen molar-refractivity contribution in [1.29, 1.82) is 0 Å². The van der Waals surface area contributed by atoms with Crippen molar-refractivity contribution in [1.82, 2.24) is 5.32 Å². The molecule has 0 aromatic heterocycles. The first-order valence-corrected chi connectivity index (χ1v) is 25.8. The van der Waals surface area contributed by atoms with Crippen LogP contribution in [0.2, 0.25) is 0 Å². The minimum absolute atomic E-state index is 0.0242. The Kier molecular flexibility index (Phi) is 47.2. The number of ether oxygens (including phenoxy) is 1. The zero-order valence-electron chi connectivity index (χ0n) is 39.2. The molecule has 0 aromatic carbocycles. The summed E-state index contributed by atoms with van der Waals surface area (Å²) in [6, 6.07) is -0.548. The molecule has 0 fully saturated rings. The van der Waals surface area contributed by atoms with Crippen LogP contribution in [-0.2, 0) is 14.3 Å². The van der Waals surface area contributed by atoms with Gasteiger partial charge in [-0.15, -0.1) is 0 Å². The average molecular weight is 830 g/mol. The van der Waals surface area contributed by atoms with Crippen LogP contribution in [0.4, 0.5) is 0 Å². The van der Waals surface area contributed by atoms with Gasteiger partial charge in [-0.2, -0.15) is 0 Å². The third kappa shape index (κ3) is 45.4.